The highest BCUT2D eigenvalue weighted by Gasteiger charge is 2.13. The number of aromatic nitrogens is 1. The van der Waals surface area contributed by atoms with Crippen LogP contribution in [0.15, 0.2) is 36.5 Å². The number of rotatable bonds is 4. The summed E-state index contributed by atoms with van der Waals surface area (Å²) in [6.45, 7) is 2.00. The lowest BCUT2D eigenvalue weighted by molar-refractivity contribution is 0.386. The number of benzene rings is 1. The predicted octanol–water partition coefficient (Wildman–Crippen LogP) is 4.06. The Morgan fingerprint density at radius 2 is 2.16 bits per heavy atom. The zero-order valence-electron chi connectivity index (χ0n) is 10.9. The third-order valence-corrected chi connectivity index (χ3v) is 3.43. The van der Waals surface area contributed by atoms with Crippen molar-refractivity contribution >= 4 is 11.6 Å². The van der Waals surface area contributed by atoms with Crippen LogP contribution < -0.4 is 4.74 Å². The highest BCUT2D eigenvalue weighted by molar-refractivity contribution is 6.20. The molecule has 0 saturated heterocycles. The van der Waals surface area contributed by atoms with Crippen LogP contribution in [0.4, 0.5) is 4.39 Å². The first-order chi connectivity index (χ1) is 9.11. The molecule has 0 aliphatic carbocycles. The van der Waals surface area contributed by atoms with E-state index in [2.05, 4.69) is 4.98 Å². The number of halogens is 2. The first-order valence-electron chi connectivity index (χ1n) is 6.00. The third-order valence-electron chi connectivity index (χ3n) is 3.03. The van der Waals surface area contributed by atoms with E-state index in [9.17, 15) is 4.39 Å². The summed E-state index contributed by atoms with van der Waals surface area (Å²) in [5.41, 5.74) is 2.87. The van der Waals surface area contributed by atoms with Crippen LogP contribution in [0.2, 0.25) is 0 Å². The molecule has 19 heavy (non-hydrogen) atoms. The van der Waals surface area contributed by atoms with E-state index < -0.39 is 0 Å². The number of nitrogens with zero attached hydrogens (tertiary/aromatic N) is 1. The second-order valence-electron chi connectivity index (χ2n) is 4.33. The van der Waals surface area contributed by atoms with E-state index in [-0.39, 0.29) is 16.9 Å². The number of ether oxygens (including phenoxy) is 1. The number of hydrogen-bond donors (Lipinski definition) is 0. The van der Waals surface area contributed by atoms with E-state index in [1.165, 1.54) is 13.2 Å². The van der Waals surface area contributed by atoms with Gasteiger partial charge in [-0.1, -0.05) is 12.1 Å². The summed E-state index contributed by atoms with van der Waals surface area (Å²) in [4.78, 5) is 4.31. The normalized spacial score (nSPS) is 12.2. The maximum absolute atomic E-state index is 13.3. The molecule has 2 rings (SSSR count). The second-order valence-corrected chi connectivity index (χ2v) is 4.86. The number of methoxy groups -OCH3 is 1. The van der Waals surface area contributed by atoms with Crippen LogP contribution in [0.1, 0.15) is 22.2 Å². The van der Waals surface area contributed by atoms with Gasteiger partial charge in [0.15, 0.2) is 11.6 Å². The summed E-state index contributed by atoms with van der Waals surface area (Å²) in [5.74, 6) is -0.176. The standard InChI is InChI=1S/C15H15ClFNO/c1-10-4-3-7-18-14(10)9-12(16)11-5-6-13(17)15(8-11)19-2/h3-8,12H,9H2,1-2H3. The van der Waals surface area contributed by atoms with Gasteiger partial charge in [0.25, 0.3) is 0 Å². The molecule has 0 aliphatic heterocycles. The Bertz CT molecular complexity index is 574. The van der Waals surface area contributed by atoms with Crippen LogP contribution in [0, 0.1) is 12.7 Å². The number of aryl methyl sites for hydroxylation is 1. The van der Waals surface area contributed by atoms with Gasteiger partial charge in [0.05, 0.1) is 12.5 Å². The molecule has 4 heteroatoms. The van der Waals surface area contributed by atoms with Crippen LogP contribution >= 0.6 is 11.6 Å². The molecular formula is C15H15ClFNO. The summed E-state index contributed by atoms with van der Waals surface area (Å²) in [6.07, 6.45) is 2.35. The molecule has 0 saturated carbocycles. The minimum atomic E-state index is -0.385. The molecule has 0 amide bonds. The Labute approximate surface area is 117 Å². The maximum atomic E-state index is 13.3. The van der Waals surface area contributed by atoms with Gasteiger partial charge in [-0.25, -0.2) is 4.39 Å². The topological polar surface area (TPSA) is 22.1 Å². The molecule has 1 unspecified atom stereocenters. The fourth-order valence-electron chi connectivity index (χ4n) is 1.89. The molecule has 2 aromatic rings. The molecule has 0 aliphatic rings. The Hall–Kier alpha value is -1.61. The third kappa shape index (κ3) is 3.24. The molecular weight excluding hydrogens is 265 g/mol. The van der Waals surface area contributed by atoms with Crippen molar-refractivity contribution in [2.75, 3.05) is 7.11 Å². The molecule has 0 radical (unpaired) electrons. The van der Waals surface area contributed by atoms with Gasteiger partial charge in [-0.15, -0.1) is 11.6 Å². The number of alkyl halides is 1. The van der Waals surface area contributed by atoms with Crippen LogP contribution in [0.5, 0.6) is 5.75 Å². The van der Waals surface area contributed by atoms with Gasteiger partial charge in [0, 0.05) is 18.3 Å². The van der Waals surface area contributed by atoms with Crippen LogP contribution in [0.3, 0.4) is 0 Å². The quantitative estimate of drug-likeness (QED) is 0.788. The van der Waals surface area contributed by atoms with E-state index in [1.54, 1.807) is 18.3 Å². The molecule has 0 bridgehead atoms. The van der Waals surface area contributed by atoms with Gasteiger partial charge in [0.1, 0.15) is 0 Å². The molecule has 0 spiro atoms. The van der Waals surface area contributed by atoms with E-state index in [4.69, 9.17) is 16.3 Å². The van der Waals surface area contributed by atoms with Crippen molar-refractivity contribution < 1.29 is 9.13 Å². The molecule has 0 N–H and O–H groups in total. The molecule has 1 heterocycles. The van der Waals surface area contributed by atoms with E-state index >= 15 is 0 Å². The van der Waals surface area contributed by atoms with Crippen molar-refractivity contribution in [2.45, 2.75) is 18.7 Å². The summed E-state index contributed by atoms with van der Waals surface area (Å²) in [6, 6.07) is 8.56. The molecule has 0 fully saturated rings. The van der Waals surface area contributed by atoms with E-state index in [0.717, 1.165) is 16.8 Å². The summed E-state index contributed by atoms with van der Waals surface area (Å²) in [5, 5.41) is -0.261. The summed E-state index contributed by atoms with van der Waals surface area (Å²) >= 11 is 6.38. The van der Waals surface area contributed by atoms with Gasteiger partial charge in [-0.3, -0.25) is 4.98 Å². The highest BCUT2D eigenvalue weighted by Crippen LogP contribution is 2.29. The van der Waals surface area contributed by atoms with Crippen molar-refractivity contribution in [3.63, 3.8) is 0 Å². The highest BCUT2D eigenvalue weighted by atomic mass is 35.5. The smallest absolute Gasteiger partial charge is 0.165 e. The van der Waals surface area contributed by atoms with Crippen molar-refractivity contribution in [3.8, 4) is 5.75 Å². The van der Waals surface area contributed by atoms with Gasteiger partial charge in [-0.05, 0) is 36.2 Å². The largest absolute Gasteiger partial charge is 0.494 e. The molecule has 1 aromatic carbocycles. The molecule has 1 atom stereocenters. The van der Waals surface area contributed by atoms with Crippen LogP contribution in [-0.2, 0) is 6.42 Å². The van der Waals surface area contributed by atoms with Crippen molar-refractivity contribution in [3.05, 3.63) is 59.2 Å². The van der Waals surface area contributed by atoms with E-state index in [1.807, 2.05) is 19.1 Å². The Balaban J connectivity index is 2.20. The fourth-order valence-corrected chi connectivity index (χ4v) is 2.17. The summed E-state index contributed by atoms with van der Waals surface area (Å²) in [7, 11) is 1.44. The molecule has 1 aromatic heterocycles. The number of pyridine rings is 1. The Morgan fingerprint density at radius 1 is 1.37 bits per heavy atom. The zero-order valence-corrected chi connectivity index (χ0v) is 11.6. The predicted molar refractivity (Wildman–Crippen MR) is 74.2 cm³/mol. The van der Waals surface area contributed by atoms with Crippen LogP contribution in [0.25, 0.3) is 0 Å². The fraction of sp³-hybridized carbons (Fsp3) is 0.267. The summed E-state index contributed by atoms with van der Waals surface area (Å²) < 4.78 is 18.3. The average Bonchev–Trinajstić information content (AvgIpc) is 2.42. The average molecular weight is 280 g/mol. The first-order valence-corrected chi connectivity index (χ1v) is 6.43. The van der Waals surface area contributed by atoms with E-state index in [0.29, 0.717) is 6.42 Å². The van der Waals surface area contributed by atoms with Crippen molar-refractivity contribution in [1.29, 1.82) is 0 Å². The lowest BCUT2D eigenvalue weighted by Crippen LogP contribution is -2.01. The SMILES string of the molecule is COc1cc(C(Cl)Cc2ncccc2C)ccc1F. The van der Waals surface area contributed by atoms with Gasteiger partial charge < -0.3 is 4.74 Å². The second kappa shape index (κ2) is 6.02. The van der Waals surface area contributed by atoms with Crippen molar-refractivity contribution in [2.24, 2.45) is 0 Å². The molecule has 2 nitrogen and oxygen atoms in total. The van der Waals surface area contributed by atoms with Crippen LogP contribution in [-0.4, -0.2) is 12.1 Å². The van der Waals surface area contributed by atoms with Crippen molar-refractivity contribution in [1.82, 2.24) is 4.98 Å². The van der Waals surface area contributed by atoms with Gasteiger partial charge in [0.2, 0.25) is 0 Å². The lowest BCUT2D eigenvalue weighted by atomic mass is 10.0. The monoisotopic (exact) mass is 279 g/mol. The Morgan fingerprint density at radius 3 is 2.84 bits per heavy atom. The lowest BCUT2D eigenvalue weighted by Gasteiger charge is -2.12. The van der Waals surface area contributed by atoms with Gasteiger partial charge in [-0.2, -0.15) is 0 Å². The zero-order chi connectivity index (χ0) is 13.8. The first kappa shape index (κ1) is 13.8. The number of hydrogen-bond acceptors (Lipinski definition) is 2. The minimum Gasteiger partial charge on any atom is -0.494 e. The molecule has 100 valence electrons. The Kier molecular flexibility index (Phi) is 4.38. The minimum absolute atomic E-state index is 0.209. The van der Waals surface area contributed by atoms with Gasteiger partial charge >= 0.3 is 0 Å². The maximum Gasteiger partial charge on any atom is 0.165 e.